The summed E-state index contributed by atoms with van der Waals surface area (Å²) in [5, 5.41) is 47.5. The highest BCUT2D eigenvalue weighted by Crippen LogP contribution is 2.55. The minimum Gasteiger partial charge on any atom is -0.395 e. The van der Waals surface area contributed by atoms with Gasteiger partial charge < -0.3 is 20.4 Å². The zero-order valence-electron chi connectivity index (χ0n) is 32.7. The molecular formula is C42H70O4. The second-order valence-electron chi connectivity index (χ2n) is 20.2. The van der Waals surface area contributed by atoms with Crippen LogP contribution in [0.1, 0.15) is 163 Å². The standard InChI is InChI=1S/C42H70O4/c1-28-20-32(37(8,9)10)34(33(21-28)38(11,12)13)42(46,41(25-43,26-44)27-45)30-19-18-29(39(14,15)23-35(2,3)4)22-31(30)40(16,17)24-36(5,6)7/h18-22,43-46H,23-27H2,1-17H3. The molecule has 0 heterocycles. The van der Waals surface area contributed by atoms with Gasteiger partial charge in [-0.2, -0.15) is 0 Å². The van der Waals surface area contributed by atoms with E-state index in [0.29, 0.717) is 11.1 Å². The molecule has 2 aromatic rings. The molecule has 0 aliphatic rings. The fourth-order valence-corrected chi connectivity index (χ4v) is 8.23. The quantitative estimate of drug-likeness (QED) is 0.209. The predicted octanol–water partition coefficient (Wildman–Crippen LogP) is 9.22. The predicted molar refractivity (Wildman–Crippen MR) is 196 cm³/mol. The van der Waals surface area contributed by atoms with Gasteiger partial charge in [-0.3, -0.25) is 0 Å². The van der Waals surface area contributed by atoms with Crippen LogP contribution < -0.4 is 0 Å². The van der Waals surface area contributed by atoms with Gasteiger partial charge in [-0.1, -0.05) is 147 Å². The van der Waals surface area contributed by atoms with Crippen LogP contribution in [0, 0.1) is 23.2 Å². The number of aliphatic hydroxyl groups is 4. The number of aryl methyl sites for hydroxylation is 1. The van der Waals surface area contributed by atoms with Crippen LogP contribution in [0.2, 0.25) is 0 Å². The van der Waals surface area contributed by atoms with Crippen molar-refractivity contribution in [2.75, 3.05) is 19.8 Å². The van der Waals surface area contributed by atoms with Crippen molar-refractivity contribution in [2.24, 2.45) is 16.2 Å². The van der Waals surface area contributed by atoms with Crippen molar-refractivity contribution >= 4 is 0 Å². The van der Waals surface area contributed by atoms with Crippen LogP contribution in [0.25, 0.3) is 0 Å². The van der Waals surface area contributed by atoms with Gasteiger partial charge in [-0.05, 0) is 85.6 Å². The van der Waals surface area contributed by atoms with E-state index < -0.39 is 47.1 Å². The largest absolute Gasteiger partial charge is 0.395 e. The fraction of sp³-hybridized carbons (Fsp3) is 0.714. The van der Waals surface area contributed by atoms with Crippen LogP contribution in [0.5, 0.6) is 0 Å². The van der Waals surface area contributed by atoms with Gasteiger partial charge in [0.05, 0.1) is 25.2 Å². The van der Waals surface area contributed by atoms with Gasteiger partial charge >= 0.3 is 0 Å². The summed E-state index contributed by atoms with van der Waals surface area (Å²) in [6.45, 7) is 35.7. The summed E-state index contributed by atoms with van der Waals surface area (Å²) in [6, 6.07) is 10.7. The highest BCUT2D eigenvalue weighted by molar-refractivity contribution is 5.57. The Hall–Kier alpha value is -1.72. The Morgan fingerprint density at radius 1 is 0.500 bits per heavy atom. The number of hydrogen-bond acceptors (Lipinski definition) is 4. The molecule has 46 heavy (non-hydrogen) atoms. The van der Waals surface area contributed by atoms with Gasteiger partial charge in [0.1, 0.15) is 5.60 Å². The van der Waals surface area contributed by atoms with E-state index in [0.717, 1.165) is 35.1 Å². The first-order valence-electron chi connectivity index (χ1n) is 17.3. The molecule has 0 amide bonds. The van der Waals surface area contributed by atoms with Gasteiger partial charge in [0, 0.05) is 0 Å². The van der Waals surface area contributed by atoms with E-state index in [1.54, 1.807) is 0 Å². The highest BCUT2D eigenvalue weighted by Gasteiger charge is 2.57. The maximum atomic E-state index is 13.9. The number of hydrogen-bond donors (Lipinski definition) is 4. The van der Waals surface area contributed by atoms with Crippen LogP contribution >= 0.6 is 0 Å². The molecule has 0 saturated heterocycles. The fourth-order valence-electron chi connectivity index (χ4n) is 8.23. The molecular weight excluding hydrogens is 568 g/mol. The van der Waals surface area contributed by atoms with E-state index in [9.17, 15) is 20.4 Å². The summed E-state index contributed by atoms with van der Waals surface area (Å²) in [5.41, 5.74) is 1.55. The van der Waals surface area contributed by atoms with Crippen LogP contribution in [0.15, 0.2) is 30.3 Å². The van der Waals surface area contributed by atoms with Crippen LogP contribution in [0.3, 0.4) is 0 Å². The minimum atomic E-state index is -1.94. The molecule has 1 unspecified atom stereocenters. The molecule has 0 aromatic heterocycles. The summed E-state index contributed by atoms with van der Waals surface area (Å²) >= 11 is 0. The highest BCUT2D eigenvalue weighted by atomic mass is 16.3. The molecule has 2 rings (SSSR count). The van der Waals surface area contributed by atoms with Crippen molar-refractivity contribution in [3.63, 3.8) is 0 Å². The first-order valence-corrected chi connectivity index (χ1v) is 17.3. The van der Waals surface area contributed by atoms with Crippen molar-refractivity contribution in [1.29, 1.82) is 0 Å². The molecule has 4 N–H and O–H groups in total. The molecule has 0 spiro atoms. The molecule has 0 fully saturated rings. The van der Waals surface area contributed by atoms with E-state index in [2.05, 4.69) is 142 Å². The van der Waals surface area contributed by atoms with Gasteiger partial charge in [0.2, 0.25) is 0 Å². The van der Waals surface area contributed by atoms with Crippen molar-refractivity contribution in [3.8, 4) is 0 Å². The molecule has 0 aliphatic heterocycles. The Morgan fingerprint density at radius 2 is 0.891 bits per heavy atom. The topological polar surface area (TPSA) is 80.9 Å². The molecule has 0 aliphatic carbocycles. The number of aliphatic hydroxyl groups excluding tert-OH is 3. The Labute approximate surface area is 283 Å². The van der Waals surface area contributed by atoms with Crippen LogP contribution in [-0.2, 0) is 27.3 Å². The number of rotatable bonds is 10. The van der Waals surface area contributed by atoms with E-state index in [4.69, 9.17) is 0 Å². The second-order valence-corrected chi connectivity index (χ2v) is 20.2. The third-order valence-corrected chi connectivity index (χ3v) is 9.80. The van der Waals surface area contributed by atoms with Crippen molar-refractivity contribution < 1.29 is 20.4 Å². The minimum absolute atomic E-state index is 0.0190. The van der Waals surface area contributed by atoms with Gasteiger partial charge in [0.15, 0.2) is 0 Å². The van der Waals surface area contributed by atoms with Crippen LogP contribution in [-0.4, -0.2) is 40.2 Å². The lowest BCUT2D eigenvalue weighted by atomic mass is 9.57. The van der Waals surface area contributed by atoms with E-state index in [1.807, 2.05) is 6.07 Å². The second kappa shape index (κ2) is 13.0. The lowest BCUT2D eigenvalue weighted by molar-refractivity contribution is -0.138. The van der Waals surface area contributed by atoms with Gasteiger partial charge in [-0.25, -0.2) is 0 Å². The molecule has 0 radical (unpaired) electrons. The van der Waals surface area contributed by atoms with E-state index >= 15 is 0 Å². The normalized spacial score (nSPS) is 15.7. The molecule has 1 atom stereocenters. The lowest BCUT2D eigenvalue weighted by Crippen LogP contribution is -2.56. The van der Waals surface area contributed by atoms with Gasteiger partial charge in [-0.15, -0.1) is 0 Å². The average molecular weight is 639 g/mol. The van der Waals surface area contributed by atoms with Crippen molar-refractivity contribution in [1.82, 2.24) is 0 Å². The smallest absolute Gasteiger partial charge is 0.128 e. The molecule has 2 aromatic carbocycles. The lowest BCUT2D eigenvalue weighted by Gasteiger charge is -2.51. The Bertz CT molecular complexity index is 1300. The first-order chi connectivity index (χ1) is 20.4. The van der Waals surface area contributed by atoms with Crippen LogP contribution in [0.4, 0.5) is 0 Å². The summed E-state index contributed by atoms with van der Waals surface area (Å²) in [7, 11) is 0. The summed E-state index contributed by atoms with van der Waals surface area (Å²) in [5.74, 6) is 0. The monoisotopic (exact) mass is 639 g/mol. The third-order valence-electron chi connectivity index (χ3n) is 9.80. The maximum absolute atomic E-state index is 13.9. The SMILES string of the molecule is Cc1cc(C(C)(C)C)c(C(O)(c2ccc(C(C)(C)CC(C)(C)C)cc2C(C)(C)CC(C)(C)C)C(CO)(CO)CO)c(C(C)(C)C)c1. The van der Waals surface area contributed by atoms with E-state index in [-0.39, 0.29) is 16.2 Å². The molecule has 4 heteroatoms. The Kier molecular flexibility index (Phi) is 11.4. The molecule has 4 nitrogen and oxygen atoms in total. The number of benzene rings is 2. The molecule has 0 bridgehead atoms. The van der Waals surface area contributed by atoms with Crippen molar-refractivity contribution in [3.05, 3.63) is 69.3 Å². The Morgan fingerprint density at radius 3 is 1.24 bits per heavy atom. The van der Waals surface area contributed by atoms with Gasteiger partial charge in [0.25, 0.3) is 0 Å². The van der Waals surface area contributed by atoms with Crippen molar-refractivity contribution in [2.45, 2.75) is 158 Å². The van der Waals surface area contributed by atoms with E-state index in [1.165, 1.54) is 5.56 Å². The first kappa shape index (κ1) is 40.5. The molecule has 262 valence electrons. The average Bonchev–Trinajstić information content (AvgIpc) is 2.85. The third kappa shape index (κ3) is 8.28. The maximum Gasteiger partial charge on any atom is 0.128 e. The Balaban J connectivity index is 3.41. The summed E-state index contributed by atoms with van der Waals surface area (Å²) < 4.78 is 0. The summed E-state index contributed by atoms with van der Waals surface area (Å²) in [4.78, 5) is 0. The summed E-state index contributed by atoms with van der Waals surface area (Å²) in [6.07, 6.45) is 1.81. The zero-order chi connectivity index (χ0) is 36.1. The zero-order valence-corrected chi connectivity index (χ0v) is 32.7. The molecule has 0 saturated carbocycles.